The van der Waals surface area contributed by atoms with Crippen molar-refractivity contribution in [2.75, 3.05) is 0 Å². The normalized spacial score (nSPS) is 19.4. The summed E-state index contributed by atoms with van der Waals surface area (Å²) in [6.07, 6.45) is -7.62. The molecule has 0 saturated carbocycles. The van der Waals surface area contributed by atoms with Crippen molar-refractivity contribution < 1.29 is 32.5 Å². The number of carbonyl (C=O) groups is 1. The summed E-state index contributed by atoms with van der Waals surface area (Å²) in [5, 5.41) is 9.70. The molecule has 1 aliphatic rings. The van der Waals surface area contributed by atoms with E-state index in [1.54, 1.807) is 24.3 Å². The van der Waals surface area contributed by atoms with E-state index in [4.69, 9.17) is 37.8 Å². The number of hydrogen-bond donors (Lipinski definition) is 1. The van der Waals surface area contributed by atoms with Crippen LogP contribution in [0.4, 0.5) is 13.2 Å². The lowest BCUT2D eigenvalue weighted by Crippen LogP contribution is -2.47. The molecule has 2 atom stereocenters. The van der Waals surface area contributed by atoms with Crippen molar-refractivity contribution >= 4 is 29.2 Å². The van der Waals surface area contributed by atoms with Gasteiger partial charge in [-0.05, 0) is 42.3 Å². The Kier molecular flexibility index (Phi) is 4.94. The van der Waals surface area contributed by atoms with Crippen LogP contribution in [0.2, 0.25) is 10.0 Å². The molecule has 1 heterocycles. The Morgan fingerprint density at radius 1 is 1.19 bits per heavy atom. The first-order valence-corrected chi connectivity index (χ1v) is 8.13. The molecular formula is C17H11Cl2F3O4. The minimum atomic E-state index is -4.82. The molecule has 0 saturated heterocycles. The molecule has 26 heavy (non-hydrogen) atoms. The van der Waals surface area contributed by atoms with E-state index in [0.29, 0.717) is 10.8 Å². The molecule has 0 fully saturated rings. The van der Waals surface area contributed by atoms with E-state index in [2.05, 4.69) is 0 Å². The second-order valence-electron chi connectivity index (χ2n) is 5.68. The Bertz CT molecular complexity index is 837. The van der Waals surface area contributed by atoms with Crippen molar-refractivity contribution in [3.63, 3.8) is 0 Å². The predicted molar refractivity (Wildman–Crippen MR) is 88.3 cm³/mol. The van der Waals surface area contributed by atoms with Gasteiger partial charge in [0.2, 0.25) is 6.10 Å². The monoisotopic (exact) mass is 406 g/mol. The minimum Gasteiger partial charge on any atom is -0.481 e. The van der Waals surface area contributed by atoms with Crippen LogP contribution in [0.1, 0.15) is 5.56 Å². The maximum Gasteiger partial charge on any atom is 0.426 e. The number of carboxylic acid groups (broad SMARTS) is 1. The van der Waals surface area contributed by atoms with Gasteiger partial charge in [-0.3, -0.25) is 4.79 Å². The number of rotatable bonds is 3. The molecule has 4 nitrogen and oxygen atoms in total. The molecule has 1 aliphatic heterocycles. The summed E-state index contributed by atoms with van der Waals surface area (Å²) < 4.78 is 50.0. The third kappa shape index (κ3) is 3.83. The fourth-order valence-corrected chi connectivity index (χ4v) is 2.98. The van der Waals surface area contributed by atoms with Crippen LogP contribution >= 0.6 is 23.2 Å². The van der Waals surface area contributed by atoms with Gasteiger partial charge in [-0.1, -0.05) is 23.2 Å². The molecule has 0 spiro atoms. The van der Waals surface area contributed by atoms with Gasteiger partial charge in [0.15, 0.2) is 0 Å². The van der Waals surface area contributed by atoms with Crippen LogP contribution in [-0.2, 0) is 11.2 Å². The number of benzene rings is 2. The fourth-order valence-electron chi connectivity index (χ4n) is 2.63. The summed E-state index contributed by atoms with van der Waals surface area (Å²) in [6, 6.07) is 8.87. The molecule has 2 unspecified atom stereocenters. The van der Waals surface area contributed by atoms with Gasteiger partial charge in [0.25, 0.3) is 0 Å². The van der Waals surface area contributed by atoms with Gasteiger partial charge >= 0.3 is 12.1 Å². The van der Waals surface area contributed by atoms with E-state index in [0.717, 1.165) is 0 Å². The van der Waals surface area contributed by atoms with Gasteiger partial charge in [-0.2, -0.15) is 13.2 Å². The van der Waals surface area contributed by atoms with E-state index < -0.39 is 24.2 Å². The van der Waals surface area contributed by atoms with Crippen molar-refractivity contribution in [3.8, 4) is 17.2 Å². The number of fused-ring (bicyclic) bond motifs is 1. The lowest BCUT2D eigenvalue weighted by atomic mass is 9.90. The van der Waals surface area contributed by atoms with Gasteiger partial charge in [-0.15, -0.1) is 0 Å². The highest BCUT2D eigenvalue weighted by atomic mass is 35.5. The number of hydrogen-bond acceptors (Lipinski definition) is 3. The van der Waals surface area contributed by atoms with Crippen molar-refractivity contribution in [1.82, 2.24) is 0 Å². The molecule has 0 amide bonds. The van der Waals surface area contributed by atoms with E-state index in [9.17, 15) is 18.0 Å². The van der Waals surface area contributed by atoms with Gasteiger partial charge in [0.05, 0.1) is 5.02 Å². The largest absolute Gasteiger partial charge is 0.481 e. The molecule has 2 aromatic carbocycles. The molecule has 0 radical (unpaired) electrons. The van der Waals surface area contributed by atoms with Crippen LogP contribution in [0.3, 0.4) is 0 Å². The fraction of sp³-hybridized carbons (Fsp3) is 0.235. The Hall–Kier alpha value is -2.12. The zero-order valence-electron chi connectivity index (χ0n) is 12.9. The first-order valence-electron chi connectivity index (χ1n) is 7.37. The molecule has 0 aliphatic carbocycles. The van der Waals surface area contributed by atoms with Crippen LogP contribution in [-0.4, -0.2) is 23.4 Å². The van der Waals surface area contributed by atoms with Crippen molar-refractivity contribution in [2.24, 2.45) is 5.92 Å². The zero-order valence-corrected chi connectivity index (χ0v) is 14.4. The predicted octanol–water partition coefficient (Wildman–Crippen LogP) is 5.35. The Labute approximate surface area is 156 Å². The second-order valence-corrected chi connectivity index (χ2v) is 6.52. The van der Waals surface area contributed by atoms with E-state index >= 15 is 0 Å². The average molecular weight is 407 g/mol. The van der Waals surface area contributed by atoms with Crippen LogP contribution in [0.15, 0.2) is 36.4 Å². The lowest BCUT2D eigenvalue weighted by Gasteiger charge is -2.32. The first kappa shape index (κ1) is 18.7. The van der Waals surface area contributed by atoms with E-state index in [1.807, 2.05) is 0 Å². The third-order valence-corrected chi connectivity index (χ3v) is 4.40. The molecular weight excluding hydrogens is 396 g/mol. The topological polar surface area (TPSA) is 55.8 Å². The molecule has 138 valence electrons. The van der Waals surface area contributed by atoms with Crippen LogP contribution < -0.4 is 9.47 Å². The first-order chi connectivity index (χ1) is 12.1. The maximum absolute atomic E-state index is 13.2. The number of halogens is 5. The van der Waals surface area contributed by atoms with E-state index in [-0.39, 0.29) is 28.5 Å². The summed E-state index contributed by atoms with van der Waals surface area (Å²) in [4.78, 5) is 11.2. The Balaban J connectivity index is 1.94. The van der Waals surface area contributed by atoms with Crippen molar-refractivity contribution in [1.29, 1.82) is 0 Å². The smallest absolute Gasteiger partial charge is 0.426 e. The second kappa shape index (κ2) is 6.89. The highest BCUT2D eigenvalue weighted by Gasteiger charge is 2.52. The highest BCUT2D eigenvalue weighted by molar-refractivity contribution is 6.32. The van der Waals surface area contributed by atoms with Gasteiger partial charge in [0, 0.05) is 11.1 Å². The van der Waals surface area contributed by atoms with E-state index in [1.165, 1.54) is 12.1 Å². The average Bonchev–Trinajstić information content (AvgIpc) is 2.55. The number of alkyl halides is 3. The van der Waals surface area contributed by atoms with Gasteiger partial charge in [-0.25, -0.2) is 0 Å². The van der Waals surface area contributed by atoms with Crippen molar-refractivity contribution in [3.05, 3.63) is 52.0 Å². The quantitative estimate of drug-likeness (QED) is 0.745. The Morgan fingerprint density at radius 3 is 2.42 bits per heavy atom. The maximum atomic E-state index is 13.2. The summed E-state index contributed by atoms with van der Waals surface area (Å²) in [6.45, 7) is 0. The van der Waals surface area contributed by atoms with Crippen LogP contribution in [0.25, 0.3) is 0 Å². The molecule has 1 N–H and O–H groups in total. The zero-order chi connectivity index (χ0) is 19.1. The van der Waals surface area contributed by atoms with Crippen molar-refractivity contribution in [2.45, 2.75) is 18.7 Å². The van der Waals surface area contributed by atoms with Gasteiger partial charge < -0.3 is 14.6 Å². The standard InChI is InChI=1S/C17H11Cl2F3O4/c18-9-1-3-10(4-2-9)25-14-7-13-8(6-12(14)19)5-11(16(23)24)15(26-13)17(20,21)22/h1-4,6-7,11,15H,5H2,(H,23,24). The van der Waals surface area contributed by atoms with Crippen LogP contribution in [0.5, 0.6) is 17.2 Å². The molecule has 0 aromatic heterocycles. The third-order valence-electron chi connectivity index (χ3n) is 3.86. The lowest BCUT2D eigenvalue weighted by molar-refractivity contribution is -0.217. The molecule has 0 bridgehead atoms. The summed E-state index contributed by atoms with van der Waals surface area (Å²) in [7, 11) is 0. The molecule has 3 rings (SSSR count). The highest BCUT2D eigenvalue weighted by Crippen LogP contribution is 2.43. The summed E-state index contributed by atoms with van der Waals surface area (Å²) in [5.41, 5.74) is 0.270. The minimum absolute atomic E-state index is 0.0856. The SMILES string of the molecule is O=C(O)C1Cc2cc(Cl)c(Oc3ccc(Cl)cc3)cc2OC1C(F)(F)F. The van der Waals surface area contributed by atoms with Gasteiger partial charge in [0.1, 0.15) is 23.2 Å². The summed E-state index contributed by atoms with van der Waals surface area (Å²) >= 11 is 11.9. The number of ether oxygens (including phenoxy) is 2. The molecule has 2 aromatic rings. The molecule has 9 heteroatoms. The number of aliphatic carboxylic acids is 1. The van der Waals surface area contributed by atoms with Crippen LogP contribution in [0, 0.1) is 5.92 Å². The number of carboxylic acids is 1. The summed E-state index contributed by atoms with van der Waals surface area (Å²) in [5.74, 6) is -2.99. The Morgan fingerprint density at radius 2 is 1.85 bits per heavy atom.